The Morgan fingerprint density at radius 1 is 1.23 bits per heavy atom. The summed E-state index contributed by atoms with van der Waals surface area (Å²) in [7, 11) is 3.26. The third-order valence-electron chi connectivity index (χ3n) is 9.44. The van der Waals surface area contributed by atoms with Crippen LogP contribution in [0.15, 0.2) is 12.1 Å². The lowest BCUT2D eigenvalue weighted by atomic mass is 9.51. The number of aliphatic hydroxyl groups excluding tert-OH is 1. The molecule has 5 heterocycles. The molecule has 8 nitrogen and oxygen atoms in total. The van der Waals surface area contributed by atoms with E-state index in [1.807, 2.05) is 11.0 Å². The zero-order chi connectivity index (χ0) is 21.3. The molecule has 2 bridgehead atoms. The summed E-state index contributed by atoms with van der Waals surface area (Å²) in [6, 6.07) is 4.16. The predicted octanol–water partition coefficient (Wildman–Crippen LogP) is 0.275. The van der Waals surface area contributed by atoms with Gasteiger partial charge >= 0.3 is 0 Å². The largest absolute Gasteiger partial charge is 0.493 e. The van der Waals surface area contributed by atoms with Gasteiger partial charge in [-0.3, -0.25) is 9.69 Å². The van der Waals surface area contributed by atoms with Crippen LogP contribution in [0.4, 0.5) is 5.69 Å². The van der Waals surface area contributed by atoms with Gasteiger partial charge in [0.05, 0.1) is 45.1 Å². The number of rotatable bonds is 2. The average Bonchev–Trinajstić information content (AvgIpc) is 3.26. The Hall–Kier alpha value is -1.87. The Morgan fingerprint density at radius 3 is 2.77 bits per heavy atom. The average molecular weight is 428 g/mol. The van der Waals surface area contributed by atoms with Gasteiger partial charge in [0.25, 0.3) is 0 Å². The summed E-state index contributed by atoms with van der Waals surface area (Å²) >= 11 is 0. The van der Waals surface area contributed by atoms with E-state index >= 15 is 0 Å². The van der Waals surface area contributed by atoms with Crippen LogP contribution >= 0.6 is 0 Å². The lowest BCUT2D eigenvalue weighted by Crippen LogP contribution is -2.74. The van der Waals surface area contributed by atoms with Crippen LogP contribution in [0.2, 0.25) is 0 Å². The zero-order valence-corrected chi connectivity index (χ0v) is 17.8. The number of nitrogens with zero attached hydrogens (tertiary/aromatic N) is 2. The molecule has 166 valence electrons. The van der Waals surface area contributed by atoms with Gasteiger partial charge in [0, 0.05) is 35.9 Å². The molecule has 1 aromatic rings. The molecule has 6 aliphatic rings. The number of aliphatic hydroxyl groups is 2. The van der Waals surface area contributed by atoms with Crippen molar-refractivity contribution in [2.45, 2.75) is 54.6 Å². The summed E-state index contributed by atoms with van der Waals surface area (Å²) in [6.45, 7) is 1.38. The van der Waals surface area contributed by atoms with Gasteiger partial charge < -0.3 is 29.3 Å². The van der Waals surface area contributed by atoms with Crippen molar-refractivity contribution < 1.29 is 29.2 Å². The van der Waals surface area contributed by atoms with E-state index in [9.17, 15) is 15.0 Å². The Labute approximate surface area is 180 Å². The first-order chi connectivity index (χ1) is 14.9. The van der Waals surface area contributed by atoms with Crippen LogP contribution in [0.1, 0.15) is 24.8 Å². The van der Waals surface area contributed by atoms with Crippen LogP contribution in [0.25, 0.3) is 0 Å². The third-order valence-corrected chi connectivity index (χ3v) is 9.44. The third kappa shape index (κ3) is 1.92. The second-order valence-electron chi connectivity index (χ2n) is 10.2. The molecule has 8 heteroatoms. The predicted molar refractivity (Wildman–Crippen MR) is 109 cm³/mol. The molecule has 8 unspecified atom stereocenters. The molecule has 5 aliphatic heterocycles. The fraction of sp³-hybridized carbons (Fsp3) is 0.696. The molecule has 0 aromatic heterocycles. The number of amides is 1. The second-order valence-corrected chi connectivity index (χ2v) is 10.2. The highest BCUT2D eigenvalue weighted by Gasteiger charge is 2.75. The number of carbonyl (C=O) groups is 1. The molecule has 1 spiro atoms. The summed E-state index contributed by atoms with van der Waals surface area (Å²) in [4.78, 5) is 17.8. The number of hydrogen-bond donors (Lipinski definition) is 2. The van der Waals surface area contributed by atoms with E-state index in [0.717, 1.165) is 30.6 Å². The number of piperidine rings is 2. The smallest absolute Gasteiger partial charge is 0.229 e. The van der Waals surface area contributed by atoms with E-state index in [-0.39, 0.29) is 54.4 Å². The molecular weight excluding hydrogens is 400 g/mol. The van der Waals surface area contributed by atoms with Gasteiger partial charge in [0.1, 0.15) is 11.7 Å². The van der Waals surface area contributed by atoms with Crippen molar-refractivity contribution in [3.05, 3.63) is 17.7 Å². The summed E-state index contributed by atoms with van der Waals surface area (Å²) in [5.41, 5.74) is 0.645. The highest BCUT2D eigenvalue weighted by molar-refractivity contribution is 5.99. The van der Waals surface area contributed by atoms with E-state index in [1.54, 1.807) is 14.2 Å². The minimum Gasteiger partial charge on any atom is -0.493 e. The maximum Gasteiger partial charge on any atom is 0.229 e. The molecular formula is C23H28N2O6. The van der Waals surface area contributed by atoms with Crippen molar-refractivity contribution in [3.63, 3.8) is 0 Å². The monoisotopic (exact) mass is 428 g/mol. The Morgan fingerprint density at radius 2 is 2.00 bits per heavy atom. The fourth-order valence-corrected chi connectivity index (χ4v) is 8.32. The number of anilines is 1. The molecule has 8 atom stereocenters. The molecule has 7 rings (SSSR count). The summed E-state index contributed by atoms with van der Waals surface area (Å²) in [6.07, 6.45) is 0.787. The van der Waals surface area contributed by atoms with E-state index in [0.29, 0.717) is 18.0 Å². The standard InChI is InChI=1S/C23H28N2O6/c1-29-14-5-11-13(7-15(14)30-2)25-19(27)8-16-20-12-6-17-22(11,21(20)25)3-4-24(17)10-23(12,28)18(26)9-31-16/h5,7,12,16-18,20-21,26,28H,3-4,6,8-10H2,1-2H3. The van der Waals surface area contributed by atoms with Gasteiger partial charge in [0.2, 0.25) is 5.91 Å². The van der Waals surface area contributed by atoms with Crippen LogP contribution < -0.4 is 14.4 Å². The van der Waals surface area contributed by atoms with Crippen LogP contribution in [-0.4, -0.2) is 84.8 Å². The van der Waals surface area contributed by atoms with Gasteiger partial charge in [-0.05, 0) is 31.0 Å². The van der Waals surface area contributed by atoms with Gasteiger partial charge in [-0.1, -0.05) is 0 Å². The van der Waals surface area contributed by atoms with E-state index in [4.69, 9.17) is 14.2 Å². The Kier molecular flexibility index (Phi) is 3.45. The van der Waals surface area contributed by atoms with Crippen LogP contribution in [0.5, 0.6) is 11.5 Å². The molecule has 1 aliphatic carbocycles. The molecule has 1 amide bonds. The molecule has 0 radical (unpaired) electrons. The van der Waals surface area contributed by atoms with Crippen molar-refractivity contribution >= 4 is 11.6 Å². The molecule has 31 heavy (non-hydrogen) atoms. The molecule has 1 aromatic carbocycles. The number of methoxy groups -OCH3 is 2. The normalized spacial score (nSPS) is 46.6. The molecule has 4 saturated heterocycles. The minimum absolute atomic E-state index is 0.0132. The number of hydrogen-bond acceptors (Lipinski definition) is 7. The maximum atomic E-state index is 13.5. The Bertz CT molecular complexity index is 1000. The van der Waals surface area contributed by atoms with Crippen molar-refractivity contribution in [1.82, 2.24) is 4.90 Å². The first-order valence-electron chi connectivity index (χ1n) is 11.3. The van der Waals surface area contributed by atoms with Crippen LogP contribution in [0, 0.1) is 11.8 Å². The number of carbonyl (C=O) groups excluding carboxylic acids is 1. The highest BCUT2D eigenvalue weighted by atomic mass is 16.5. The summed E-state index contributed by atoms with van der Waals surface area (Å²) in [5, 5.41) is 22.7. The summed E-state index contributed by atoms with van der Waals surface area (Å²) < 4.78 is 17.4. The molecule has 5 fully saturated rings. The molecule has 2 N–H and O–H groups in total. The maximum absolute atomic E-state index is 13.5. The SMILES string of the molecule is COc1cc2c(cc1OC)C13CCN4CC5(O)C(O)COC6CC(=O)N2C1C6C5CC43. The van der Waals surface area contributed by atoms with Gasteiger partial charge in [-0.15, -0.1) is 0 Å². The number of benzene rings is 1. The first-order valence-corrected chi connectivity index (χ1v) is 11.3. The van der Waals surface area contributed by atoms with Crippen molar-refractivity contribution in [1.29, 1.82) is 0 Å². The minimum atomic E-state index is -1.21. The zero-order valence-electron chi connectivity index (χ0n) is 17.8. The lowest BCUT2D eigenvalue weighted by Gasteiger charge is -2.61. The molecule has 1 saturated carbocycles. The second kappa shape index (κ2) is 5.73. The fourth-order valence-electron chi connectivity index (χ4n) is 8.32. The number of ether oxygens (including phenoxy) is 3. The highest BCUT2D eigenvalue weighted by Crippen LogP contribution is 2.67. The van der Waals surface area contributed by atoms with Crippen molar-refractivity contribution in [3.8, 4) is 11.5 Å². The van der Waals surface area contributed by atoms with E-state index in [2.05, 4.69) is 11.0 Å². The number of fused-ring (bicyclic) bond motifs is 2. The van der Waals surface area contributed by atoms with Gasteiger partial charge in [-0.2, -0.15) is 0 Å². The lowest BCUT2D eigenvalue weighted by molar-refractivity contribution is -0.184. The van der Waals surface area contributed by atoms with Crippen molar-refractivity contribution in [2.24, 2.45) is 11.8 Å². The van der Waals surface area contributed by atoms with Crippen LogP contribution in [-0.2, 0) is 14.9 Å². The summed E-state index contributed by atoms with van der Waals surface area (Å²) in [5.74, 6) is 1.24. The van der Waals surface area contributed by atoms with Gasteiger partial charge in [-0.25, -0.2) is 0 Å². The van der Waals surface area contributed by atoms with E-state index < -0.39 is 11.7 Å². The van der Waals surface area contributed by atoms with Crippen molar-refractivity contribution in [2.75, 3.05) is 38.8 Å². The van der Waals surface area contributed by atoms with Crippen LogP contribution in [0.3, 0.4) is 0 Å². The quantitative estimate of drug-likeness (QED) is 0.699. The van der Waals surface area contributed by atoms with Gasteiger partial charge in [0.15, 0.2) is 11.5 Å². The topological polar surface area (TPSA) is 91.7 Å². The van der Waals surface area contributed by atoms with E-state index in [1.165, 1.54) is 0 Å². The first kappa shape index (κ1) is 18.7. The Balaban J connectivity index is 1.51.